The number of carbonyl (C=O) groups excluding carboxylic acids is 2. The number of benzene rings is 1. The van der Waals surface area contributed by atoms with Crippen LogP contribution in [0.5, 0.6) is 0 Å². The van der Waals surface area contributed by atoms with Crippen molar-refractivity contribution in [1.82, 2.24) is 5.43 Å². The van der Waals surface area contributed by atoms with Crippen LogP contribution in [0.2, 0.25) is 0 Å². The van der Waals surface area contributed by atoms with Crippen LogP contribution in [0.15, 0.2) is 35.2 Å². The summed E-state index contributed by atoms with van der Waals surface area (Å²) in [5.74, 6) is 1.88. The lowest BCUT2D eigenvalue weighted by Gasteiger charge is -2.42. The molecule has 0 saturated heterocycles. The van der Waals surface area contributed by atoms with E-state index in [0.29, 0.717) is 4.90 Å². The van der Waals surface area contributed by atoms with E-state index in [0.717, 1.165) is 18.0 Å². The van der Waals surface area contributed by atoms with Gasteiger partial charge >= 0.3 is 5.97 Å². The molecule has 0 bridgehead atoms. The molecule has 1 aromatic carbocycles. The highest BCUT2D eigenvalue weighted by atomic mass is 32.3. The third-order valence-corrected chi connectivity index (χ3v) is 9.20. The molecule has 1 amide bonds. The van der Waals surface area contributed by atoms with Crippen LogP contribution in [0.25, 0.3) is 0 Å². The first-order valence-electron chi connectivity index (χ1n) is 11.2. The van der Waals surface area contributed by atoms with Crippen molar-refractivity contribution < 1.29 is 22.7 Å². The molecule has 0 fully saturated rings. The number of nitrogens with one attached hydrogen (secondary N) is 1. The molecule has 0 radical (unpaired) electrons. The normalized spacial score (nSPS) is 16.2. The Morgan fingerprint density at radius 2 is 1.61 bits per heavy atom. The van der Waals surface area contributed by atoms with Crippen molar-refractivity contribution in [2.24, 2.45) is 29.5 Å². The van der Waals surface area contributed by atoms with Crippen LogP contribution in [0.4, 0.5) is 0 Å². The van der Waals surface area contributed by atoms with Crippen LogP contribution in [0.3, 0.4) is 0 Å². The topological polar surface area (TPSA) is 116 Å². The number of carbonyl (C=O) groups is 2. The Hall–Kier alpha value is -1.58. The number of amides is 1. The maximum atomic E-state index is 13.7. The summed E-state index contributed by atoms with van der Waals surface area (Å²) in [6.07, 6.45) is 1.56. The summed E-state index contributed by atoms with van der Waals surface area (Å²) in [4.78, 5) is 27.5. The molecule has 33 heavy (non-hydrogen) atoms. The van der Waals surface area contributed by atoms with Crippen LogP contribution in [-0.2, 0) is 24.2 Å². The summed E-state index contributed by atoms with van der Waals surface area (Å²) in [6, 6.07) is 9.06. The fourth-order valence-electron chi connectivity index (χ4n) is 3.97. The minimum atomic E-state index is -3.90. The molecule has 188 valence electrons. The highest BCUT2D eigenvalue weighted by molar-refractivity contribution is 8.14. The molecule has 0 aliphatic rings. The first-order chi connectivity index (χ1) is 15.0. The molecule has 1 aromatic rings. The van der Waals surface area contributed by atoms with Gasteiger partial charge in [0.25, 0.3) is 0 Å². The molecule has 1 unspecified atom stereocenters. The standard InChI is InChI=1S/C24H40N2O5S2/c1-16(2)14-19(21(27)26-25)20(22(28)31-23(5,6)7)24(15-17(3)4,33(8,29)30)32-18-12-10-9-11-13-18/h9-13,16-17,19-20H,14-15,25H2,1-8H3,(H,26,27)/t19-,20+,24?/m1/s1. The Kier molecular flexibility index (Phi) is 10.5. The summed E-state index contributed by atoms with van der Waals surface area (Å²) >= 11 is 1.11. The lowest BCUT2D eigenvalue weighted by Crippen LogP contribution is -2.55. The number of thioether (sulfide) groups is 1. The Bertz CT molecular complexity index is 895. The average Bonchev–Trinajstić information content (AvgIpc) is 2.64. The largest absolute Gasteiger partial charge is 0.460 e. The number of nitrogens with two attached hydrogens (primary N) is 1. The van der Waals surface area contributed by atoms with Gasteiger partial charge in [-0.3, -0.25) is 15.0 Å². The first-order valence-corrected chi connectivity index (χ1v) is 13.9. The van der Waals surface area contributed by atoms with E-state index in [1.54, 1.807) is 32.9 Å². The first kappa shape index (κ1) is 29.5. The summed E-state index contributed by atoms with van der Waals surface area (Å²) in [5.41, 5.74) is 1.29. The van der Waals surface area contributed by atoms with Gasteiger partial charge in [-0.05, 0) is 57.6 Å². The summed E-state index contributed by atoms with van der Waals surface area (Å²) in [7, 11) is -3.90. The predicted octanol–water partition coefficient (Wildman–Crippen LogP) is 4.18. The predicted molar refractivity (Wildman–Crippen MR) is 134 cm³/mol. The number of hydrogen-bond acceptors (Lipinski definition) is 7. The van der Waals surface area contributed by atoms with Crippen LogP contribution in [-0.4, -0.2) is 36.2 Å². The molecule has 1 rings (SSSR count). The monoisotopic (exact) mass is 500 g/mol. The van der Waals surface area contributed by atoms with Crippen molar-refractivity contribution in [2.45, 2.75) is 75.9 Å². The molecule has 0 spiro atoms. The van der Waals surface area contributed by atoms with Gasteiger partial charge in [0.2, 0.25) is 5.91 Å². The minimum absolute atomic E-state index is 0.00951. The molecule has 0 aliphatic heterocycles. The highest BCUT2D eigenvalue weighted by Crippen LogP contribution is 2.51. The Balaban J connectivity index is 3.95. The van der Waals surface area contributed by atoms with Crippen molar-refractivity contribution in [3.05, 3.63) is 30.3 Å². The van der Waals surface area contributed by atoms with E-state index in [9.17, 15) is 18.0 Å². The van der Waals surface area contributed by atoms with Crippen molar-refractivity contribution in [2.75, 3.05) is 6.26 Å². The van der Waals surface area contributed by atoms with E-state index in [-0.39, 0.29) is 24.7 Å². The van der Waals surface area contributed by atoms with Crippen molar-refractivity contribution >= 4 is 33.5 Å². The quantitative estimate of drug-likeness (QED) is 0.154. The summed E-state index contributed by atoms with van der Waals surface area (Å²) in [5, 5.41) is 0. The molecular weight excluding hydrogens is 460 g/mol. The van der Waals surface area contributed by atoms with Crippen LogP contribution >= 0.6 is 11.8 Å². The van der Waals surface area contributed by atoms with Gasteiger partial charge in [-0.15, -0.1) is 11.8 Å². The van der Waals surface area contributed by atoms with Gasteiger partial charge < -0.3 is 4.74 Å². The fraction of sp³-hybridized carbons (Fsp3) is 0.667. The van der Waals surface area contributed by atoms with Gasteiger partial charge in [-0.2, -0.15) is 0 Å². The molecule has 9 heteroatoms. The summed E-state index contributed by atoms with van der Waals surface area (Å²) in [6.45, 7) is 12.8. The Morgan fingerprint density at radius 1 is 1.06 bits per heavy atom. The fourth-order valence-corrected chi connectivity index (χ4v) is 7.72. The molecular formula is C24H40N2O5S2. The Labute approximate surface area is 203 Å². The second-order valence-electron chi connectivity index (χ2n) is 10.4. The van der Waals surface area contributed by atoms with Gasteiger partial charge in [0, 0.05) is 11.2 Å². The molecule has 0 heterocycles. The third-order valence-electron chi connectivity index (χ3n) is 5.10. The van der Waals surface area contributed by atoms with Crippen LogP contribution in [0, 0.1) is 23.7 Å². The molecule has 3 atom stereocenters. The molecule has 7 nitrogen and oxygen atoms in total. The van der Waals surface area contributed by atoms with E-state index in [1.165, 1.54) is 0 Å². The average molecular weight is 501 g/mol. The molecule has 3 N–H and O–H groups in total. The lowest BCUT2D eigenvalue weighted by atomic mass is 9.80. The van der Waals surface area contributed by atoms with Gasteiger partial charge in [0.1, 0.15) is 9.68 Å². The van der Waals surface area contributed by atoms with Gasteiger partial charge in [0.05, 0.1) is 11.8 Å². The maximum Gasteiger partial charge on any atom is 0.312 e. The van der Waals surface area contributed by atoms with E-state index in [4.69, 9.17) is 10.6 Å². The number of rotatable bonds is 11. The smallest absolute Gasteiger partial charge is 0.312 e. The molecule has 0 aromatic heterocycles. The zero-order valence-electron chi connectivity index (χ0n) is 21.0. The van der Waals surface area contributed by atoms with Gasteiger partial charge in [-0.1, -0.05) is 45.9 Å². The second kappa shape index (κ2) is 11.7. The molecule has 0 aliphatic carbocycles. The van der Waals surface area contributed by atoms with E-state index >= 15 is 0 Å². The van der Waals surface area contributed by atoms with E-state index in [2.05, 4.69) is 5.43 Å². The zero-order valence-corrected chi connectivity index (χ0v) is 22.7. The maximum absolute atomic E-state index is 13.7. The number of hydrazine groups is 1. The van der Waals surface area contributed by atoms with E-state index in [1.807, 2.05) is 45.9 Å². The highest BCUT2D eigenvalue weighted by Gasteiger charge is 2.57. The number of ether oxygens (including phenoxy) is 1. The third kappa shape index (κ3) is 8.30. The van der Waals surface area contributed by atoms with Crippen molar-refractivity contribution in [3.63, 3.8) is 0 Å². The minimum Gasteiger partial charge on any atom is -0.460 e. The zero-order chi connectivity index (χ0) is 25.6. The van der Waals surface area contributed by atoms with Crippen LogP contribution < -0.4 is 11.3 Å². The molecule has 0 saturated carbocycles. The number of esters is 1. The van der Waals surface area contributed by atoms with Crippen molar-refractivity contribution in [1.29, 1.82) is 0 Å². The van der Waals surface area contributed by atoms with Gasteiger partial charge in [0.15, 0.2) is 9.84 Å². The number of sulfone groups is 1. The van der Waals surface area contributed by atoms with Gasteiger partial charge in [-0.25, -0.2) is 14.3 Å². The lowest BCUT2D eigenvalue weighted by molar-refractivity contribution is -0.165. The summed E-state index contributed by atoms with van der Waals surface area (Å²) < 4.78 is 31.3. The Morgan fingerprint density at radius 3 is 2.00 bits per heavy atom. The van der Waals surface area contributed by atoms with Crippen molar-refractivity contribution in [3.8, 4) is 0 Å². The number of hydrogen-bond donors (Lipinski definition) is 2. The SMILES string of the molecule is CC(C)C[C@@H](C(=O)NN)[C@@H](C(=O)OC(C)(C)C)C(CC(C)C)(Sc1ccccc1)S(C)(=O)=O. The van der Waals surface area contributed by atoms with E-state index < -0.39 is 43.2 Å². The second-order valence-corrected chi connectivity index (χ2v) is 14.3. The van der Waals surface area contributed by atoms with Crippen LogP contribution in [0.1, 0.15) is 61.3 Å².